The Balaban J connectivity index is 1.77. The van der Waals surface area contributed by atoms with Gasteiger partial charge < -0.3 is 14.2 Å². The number of rotatable bonds is 5. The minimum atomic E-state index is -0.508. The highest BCUT2D eigenvalue weighted by atomic mass is 19.1. The number of halogens is 1. The molecule has 138 valence electrons. The molecule has 8 heteroatoms. The van der Waals surface area contributed by atoms with Crippen molar-refractivity contribution in [2.45, 2.75) is 13.3 Å². The quantitative estimate of drug-likeness (QED) is 0.687. The first-order chi connectivity index (χ1) is 13.2. The fourth-order valence-corrected chi connectivity index (χ4v) is 2.66. The zero-order chi connectivity index (χ0) is 18.8. The lowest BCUT2D eigenvalue weighted by atomic mass is 10.1. The van der Waals surface area contributed by atoms with Crippen LogP contribution in [0.2, 0.25) is 0 Å². The molecule has 1 aromatic heterocycles. The third kappa shape index (κ3) is 3.21. The molecular weight excluding hydrogens is 353 g/mol. The van der Waals surface area contributed by atoms with Gasteiger partial charge in [0.2, 0.25) is 6.79 Å². The predicted molar refractivity (Wildman–Crippen MR) is 93.5 cm³/mol. The van der Waals surface area contributed by atoms with Gasteiger partial charge in [-0.3, -0.25) is 4.79 Å². The number of carbonyl (C=O) groups excluding carboxylic acids is 1. The van der Waals surface area contributed by atoms with Gasteiger partial charge in [0, 0.05) is 5.56 Å². The SMILES string of the molecule is CCCOc1nc(-c2ccccc2F)n(C(=O)c2ccc3c(c2)OCO3)n1. The van der Waals surface area contributed by atoms with Crippen LogP contribution in [-0.2, 0) is 0 Å². The summed E-state index contributed by atoms with van der Waals surface area (Å²) in [6.07, 6.45) is 0.750. The number of hydrogen-bond acceptors (Lipinski definition) is 6. The first kappa shape index (κ1) is 17.0. The Hall–Kier alpha value is -3.42. The maximum atomic E-state index is 14.3. The van der Waals surface area contributed by atoms with Crippen molar-refractivity contribution in [3.05, 3.63) is 53.8 Å². The molecule has 7 nitrogen and oxygen atoms in total. The van der Waals surface area contributed by atoms with Gasteiger partial charge in [-0.05, 0) is 36.8 Å². The van der Waals surface area contributed by atoms with Crippen LogP contribution >= 0.6 is 0 Å². The van der Waals surface area contributed by atoms with E-state index in [2.05, 4.69) is 10.1 Å². The Kier molecular flexibility index (Phi) is 4.45. The van der Waals surface area contributed by atoms with Gasteiger partial charge in [0.15, 0.2) is 17.3 Å². The molecule has 0 amide bonds. The zero-order valence-electron chi connectivity index (χ0n) is 14.5. The average Bonchev–Trinajstić information content (AvgIpc) is 3.32. The molecule has 0 fully saturated rings. The van der Waals surface area contributed by atoms with Crippen LogP contribution in [0.5, 0.6) is 17.5 Å². The van der Waals surface area contributed by atoms with Crippen molar-refractivity contribution in [2.24, 2.45) is 0 Å². The van der Waals surface area contributed by atoms with Crippen molar-refractivity contribution in [3.8, 4) is 28.9 Å². The van der Waals surface area contributed by atoms with Gasteiger partial charge in [-0.2, -0.15) is 9.67 Å². The minimum Gasteiger partial charge on any atom is -0.462 e. The molecule has 0 bridgehead atoms. The maximum Gasteiger partial charge on any atom is 0.336 e. The van der Waals surface area contributed by atoms with E-state index < -0.39 is 11.7 Å². The fraction of sp³-hybridized carbons (Fsp3) is 0.211. The number of carbonyl (C=O) groups is 1. The molecule has 27 heavy (non-hydrogen) atoms. The van der Waals surface area contributed by atoms with Crippen molar-refractivity contribution in [2.75, 3.05) is 13.4 Å². The molecule has 0 saturated heterocycles. The van der Waals surface area contributed by atoms with Gasteiger partial charge in [-0.1, -0.05) is 19.1 Å². The van der Waals surface area contributed by atoms with Crippen LogP contribution in [0.1, 0.15) is 23.7 Å². The summed E-state index contributed by atoms with van der Waals surface area (Å²) in [6.45, 7) is 2.43. The van der Waals surface area contributed by atoms with Crippen LogP contribution in [0.15, 0.2) is 42.5 Å². The molecule has 2 aromatic carbocycles. The molecule has 0 N–H and O–H groups in total. The number of fused-ring (bicyclic) bond motifs is 1. The number of benzene rings is 2. The maximum absolute atomic E-state index is 14.3. The van der Waals surface area contributed by atoms with Crippen LogP contribution in [0.25, 0.3) is 11.4 Å². The first-order valence-corrected chi connectivity index (χ1v) is 8.46. The van der Waals surface area contributed by atoms with Gasteiger partial charge in [0.05, 0.1) is 12.2 Å². The van der Waals surface area contributed by atoms with Gasteiger partial charge in [0.25, 0.3) is 5.91 Å². The summed E-state index contributed by atoms with van der Waals surface area (Å²) in [6, 6.07) is 10.9. The Morgan fingerprint density at radius 1 is 1.22 bits per heavy atom. The second-order valence-electron chi connectivity index (χ2n) is 5.83. The molecule has 0 atom stereocenters. The minimum absolute atomic E-state index is 0.0178. The van der Waals surface area contributed by atoms with Crippen LogP contribution in [-0.4, -0.2) is 34.1 Å². The Bertz CT molecular complexity index is 1000. The summed E-state index contributed by atoms with van der Waals surface area (Å²) in [5.74, 6) is 0.112. The predicted octanol–water partition coefficient (Wildman–Crippen LogP) is 3.29. The van der Waals surface area contributed by atoms with E-state index in [1.54, 1.807) is 30.3 Å². The van der Waals surface area contributed by atoms with Crippen molar-refractivity contribution < 1.29 is 23.4 Å². The molecule has 1 aliphatic heterocycles. The molecule has 1 aliphatic rings. The van der Waals surface area contributed by atoms with Crippen molar-refractivity contribution >= 4 is 5.91 Å². The number of aromatic nitrogens is 3. The Morgan fingerprint density at radius 3 is 2.85 bits per heavy atom. The fourth-order valence-electron chi connectivity index (χ4n) is 2.66. The molecule has 2 heterocycles. The summed E-state index contributed by atoms with van der Waals surface area (Å²) in [5.41, 5.74) is 0.467. The van der Waals surface area contributed by atoms with Gasteiger partial charge >= 0.3 is 6.01 Å². The largest absolute Gasteiger partial charge is 0.462 e. The van der Waals surface area contributed by atoms with Gasteiger partial charge in [0.1, 0.15) is 5.82 Å². The van der Waals surface area contributed by atoms with E-state index in [4.69, 9.17) is 14.2 Å². The lowest BCUT2D eigenvalue weighted by molar-refractivity contribution is 0.0944. The van der Waals surface area contributed by atoms with Crippen LogP contribution in [0, 0.1) is 5.82 Å². The molecule has 0 saturated carbocycles. The van der Waals surface area contributed by atoms with E-state index in [0.29, 0.717) is 23.7 Å². The van der Waals surface area contributed by atoms with E-state index in [1.807, 2.05) is 6.92 Å². The van der Waals surface area contributed by atoms with Crippen LogP contribution in [0.3, 0.4) is 0 Å². The topological polar surface area (TPSA) is 75.5 Å². The lowest BCUT2D eigenvalue weighted by Gasteiger charge is -2.06. The molecular formula is C19H16FN3O4. The number of nitrogens with zero attached hydrogens (tertiary/aromatic N) is 3. The van der Waals surface area contributed by atoms with Gasteiger partial charge in [-0.25, -0.2) is 4.39 Å². The zero-order valence-corrected chi connectivity index (χ0v) is 14.5. The summed E-state index contributed by atoms with van der Waals surface area (Å²) < 4.78 is 31.3. The second kappa shape index (κ2) is 7.06. The third-order valence-corrected chi connectivity index (χ3v) is 3.95. The highest BCUT2D eigenvalue weighted by Crippen LogP contribution is 2.33. The smallest absolute Gasteiger partial charge is 0.336 e. The molecule has 4 rings (SSSR count). The highest BCUT2D eigenvalue weighted by Gasteiger charge is 2.24. The van der Waals surface area contributed by atoms with E-state index in [-0.39, 0.29) is 24.2 Å². The highest BCUT2D eigenvalue weighted by molar-refractivity contribution is 5.98. The summed E-state index contributed by atoms with van der Waals surface area (Å²) in [7, 11) is 0. The monoisotopic (exact) mass is 369 g/mol. The van der Waals surface area contributed by atoms with Gasteiger partial charge in [-0.15, -0.1) is 5.10 Å². The van der Waals surface area contributed by atoms with Crippen LogP contribution in [0.4, 0.5) is 4.39 Å². The molecule has 0 spiro atoms. The standard InChI is InChI=1S/C19H16FN3O4/c1-2-9-25-19-21-17(13-5-3-4-6-14(13)20)23(22-19)18(24)12-7-8-15-16(10-12)27-11-26-15/h3-8,10H,2,9,11H2,1H3. The Morgan fingerprint density at radius 2 is 2.04 bits per heavy atom. The van der Waals surface area contributed by atoms with E-state index in [1.165, 1.54) is 12.1 Å². The van der Waals surface area contributed by atoms with E-state index >= 15 is 0 Å². The molecule has 3 aromatic rings. The average molecular weight is 369 g/mol. The molecule has 0 aliphatic carbocycles. The second-order valence-corrected chi connectivity index (χ2v) is 5.83. The molecule has 0 radical (unpaired) electrons. The third-order valence-electron chi connectivity index (χ3n) is 3.95. The normalized spacial score (nSPS) is 12.2. The summed E-state index contributed by atoms with van der Waals surface area (Å²) in [4.78, 5) is 17.2. The number of hydrogen-bond donors (Lipinski definition) is 0. The van der Waals surface area contributed by atoms with Crippen molar-refractivity contribution in [1.29, 1.82) is 0 Å². The van der Waals surface area contributed by atoms with Crippen molar-refractivity contribution in [1.82, 2.24) is 14.8 Å². The summed E-state index contributed by atoms with van der Waals surface area (Å²) in [5, 5.41) is 4.13. The molecule has 0 unspecified atom stereocenters. The number of ether oxygens (including phenoxy) is 3. The van der Waals surface area contributed by atoms with E-state index in [9.17, 15) is 9.18 Å². The van der Waals surface area contributed by atoms with E-state index in [0.717, 1.165) is 11.1 Å². The summed E-state index contributed by atoms with van der Waals surface area (Å²) >= 11 is 0. The Labute approximate surface area is 154 Å². The lowest BCUT2D eigenvalue weighted by Crippen LogP contribution is -2.15. The first-order valence-electron chi connectivity index (χ1n) is 8.46. The van der Waals surface area contributed by atoms with Crippen molar-refractivity contribution in [3.63, 3.8) is 0 Å². The van der Waals surface area contributed by atoms with Crippen LogP contribution < -0.4 is 14.2 Å².